The maximum absolute atomic E-state index is 13.5. The Morgan fingerprint density at radius 3 is 2.13 bits per heavy atom. The molecule has 1 unspecified atom stereocenters. The lowest BCUT2D eigenvalue weighted by Crippen LogP contribution is -2.42. The van der Waals surface area contributed by atoms with Gasteiger partial charge < -0.3 is 10.4 Å². The van der Waals surface area contributed by atoms with E-state index < -0.39 is 27.9 Å². The van der Waals surface area contributed by atoms with Gasteiger partial charge in [-0.3, -0.25) is 9.78 Å². The summed E-state index contributed by atoms with van der Waals surface area (Å²) in [4.78, 5) is 28.9. The van der Waals surface area contributed by atoms with E-state index >= 15 is 0 Å². The predicted molar refractivity (Wildman–Crippen MR) is 148 cm³/mol. The topological polar surface area (TPSA) is 117 Å². The molecule has 3 aromatic carbocycles. The number of carbonyl (C=O) groups excluding carboxylic acids is 1. The number of carboxylic acid groups (broad SMARTS) is 1. The number of amides is 1. The van der Waals surface area contributed by atoms with Gasteiger partial charge in [0.15, 0.2) is 0 Å². The summed E-state index contributed by atoms with van der Waals surface area (Å²) in [5.74, 6) is -1.68. The van der Waals surface area contributed by atoms with Gasteiger partial charge in [-0.1, -0.05) is 60.1 Å². The molecule has 0 spiro atoms. The highest BCUT2D eigenvalue weighted by Gasteiger charge is 2.26. The number of carbonyl (C=O) groups is 2. The monoisotopic (exact) mass is 563 g/mol. The molecule has 4 aromatic rings. The van der Waals surface area contributed by atoms with E-state index in [1.54, 1.807) is 72.9 Å². The van der Waals surface area contributed by atoms with Gasteiger partial charge in [0.2, 0.25) is 10.0 Å². The number of aromatic nitrogens is 1. The maximum Gasteiger partial charge on any atom is 0.326 e. The number of pyridine rings is 1. The van der Waals surface area contributed by atoms with Crippen LogP contribution in [0.2, 0.25) is 5.02 Å². The number of benzene rings is 3. The fourth-order valence-corrected chi connectivity index (χ4v) is 5.44. The molecular weight excluding hydrogens is 538 g/mol. The average molecular weight is 564 g/mol. The van der Waals surface area contributed by atoms with Crippen molar-refractivity contribution in [1.82, 2.24) is 14.6 Å². The molecule has 1 atom stereocenters. The van der Waals surface area contributed by atoms with Gasteiger partial charge >= 0.3 is 5.97 Å². The Morgan fingerprint density at radius 2 is 1.51 bits per heavy atom. The predicted octanol–water partition coefficient (Wildman–Crippen LogP) is 4.55. The van der Waals surface area contributed by atoms with E-state index in [0.717, 1.165) is 5.56 Å². The van der Waals surface area contributed by atoms with Crippen molar-refractivity contribution in [2.24, 2.45) is 0 Å². The van der Waals surface area contributed by atoms with Gasteiger partial charge in [0, 0.05) is 29.7 Å². The Bertz CT molecular complexity index is 1520. The molecule has 2 N–H and O–H groups in total. The zero-order chi connectivity index (χ0) is 27.8. The summed E-state index contributed by atoms with van der Waals surface area (Å²) in [7, 11) is -3.91. The molecular formula is C29H26ClN3O5S. The third kappa shape index (κ3) is 7.51. The van der Waals surface area contributed by atoms with Gasteiger partial charge in [-0.15, -0.1) is 0 Å². The SMILES string of the molecule is O=C(NC(Cc1ccccc1)C(=O)O)c1ccc(CN(Cc2ccccn2)S(=O)(=O)c2ccc(Cl)cc2)cc1. The summed E-state index contributed by atoms with van der Waals surface area (Å²) >= 11 is 5.95. The van der Waals surface area contributed by atoms with Crippen LogP contribution in [-0.4, -0.2) is 40.7 Å². The number of rotatable bonds is 11. The van der Waals surface area contributed by atoms with Crippen LogP contribution in [0.3, 0.4) is 0 Å². The van der Waals surface area contributed by atoms with Crippen molar-refractivity contribution >= 4 is 33.5 Å². The highest BCUT2D eigenvalue weighted by atomic mass is 35.5. The minimum atomic E-state index is -3.91. The maximum atomic E-state index is 13.5. The van der Waals surface area contributed by atoms with Gasteiger partial charge in [-0.05, 0) is 59.7 Å². The zero-order valence-corrected chi connectivity index (χ0v) is 22.3. The molecule has 8 nitrogen and oxygen atoms in total. The second-order valence-corrected chi connectivity index (χ2v) is 11.2. The van der Waals surface area contributed by atoms with Crippen LogP contribution >= 0.6 is 11.6 Å². The summed E-state index contributed by atoms with van der Waals surface area (Å²) in [6.07, 6.45) is 1.74. The number of halogens is 1. The molecule has 10 heteroatoms. The number of hydrogen-bond donors (Lipinski definition) is 2. The van der Waals surface area contributed by atoms with Crippen molar-refractivity contribution in [3.63, 3.8) is 0 Å². The molecule has 0 aliphatic heterocycles. The fourth-order valence-electron chi connectivity index (χ4n) is 3.91. The minimum Gasteiger partial charge on any atom is -0.480 e. The van der Waals surface area contributed by atoms with Gasteiger partial charge in [0.1, 0.15) is 6.04 Å². The van der Waals surface area contributed by atoms with Crippen LogP contribution in [-0.2, 0) is 34.3 Å². The van der Waals surface area contributed by atoms with Crippen LogP contribution in [0, 0.1) is 0 Å². The lowest BCUT2D eigenvalue weighted by molar-refractivity contribution is -0.139. The van der Waals surface area contributed by atoms with Crippen molar-refractivity contribution < 1.29 is 23.1 Å². The summed E-state index contributed by atoms with van der Waals surface area (Å²) in [5.41, 5.74) is 2.26. The molecule has 1 amide bonds. The molecule has 1 aromatic heterocycles. The molecule has 4 rings (SSSR count). The standard InChI is InChI=1S/C29H26ClN3O5S/c30-24-13-15-26(16-14-24)39(37,38)33(20-25-8-4-5-17-31-25)19-22-9-11-23(12-10-22)28(34)32-27(29(35)36)18-21-6-2-1-3-7-21/h1-17,27H,18-20H2,(H,32,34)(H,35,36). The quantitative estimate of drug-likeness (QED) is 0.276. The smallest absolute Gasteiger partial charge is 0.326 e. The Kier molecular flexibility index (Phi) is 9.08. The highest BCUT2D eigenvalue weighted by Crippen LogP contribution is 2.22. The van der Waals surface area contributed by atoms with Crippen LogP contribution in [0.25, 0.3) is 0 Å². The largest absolute Gasteiger partial charge is 0.480 e. The fraction of sp³-hybridized carbons (Fsp3) is 0.138. The van der Waals surface area contributed by atoms with E-state index in [-0.39, 0.29) is 30.0 Å². The molecule has 0 fully saturated rings. The Hall–Kier alpha value is -4.05. The Balaban J connectivity index is 1.51. The lowest BCUT2D eigenvalue weighted by Gasteiger charge is -2.22. The molecule has 1 heterocycles. The van der Waals surface area contributed by atoms with Crippen LogP contribution in [0.5, 0.6) is 0 Å². The Labute approximate surface area is 232 Å². The molecule has 0 aliphatic rings. The summed E-state index contributed by atoms with van der Waals surface area (Å²) < 4.78 is 28.3. The average Bonchev–Trinajstić information content (AvgIpc) is 2.94. The van der Waals surface area contributed by atoms with Crippen molar-refractivity contribution in [2.75, 3.05) is 0 Å². The summed E-state index contributed by atoms with van der Waals surface area (Å²) in [5, 5.41) is 12.6. The first-order valence-corrected chi connectivity index (χ1v) is 13.9. The van der Waals surface area contributed by atoms with E-state index in [9.17, 15) is 23.1 Å². The molecule has 0 saturated carbocycles. The number of carboxylic acids is 1. The third-order valence-electron chi connectivity index (χ3n) is 5.98. The first kappa shape index (κ1) is 28.0. The van der Waals surface area contributed by atoms with Gasteiger partial charge in [-0.25, -0.2) is 13.2 Å². The number of sulfonamides is 1. The van der Waals surface area contributed by atoms with Crippen LogP contribution in [0.1, 0.15) is 27.2 Å². The second-order valence-electron chi connectivity index (χ2n) is 8.80. The van der Waals surface area contributed by atoms with E-state index in [1.807, 2.05) is 6.07 Å². The van der Waals surface area contributed by atoms with Crippen molar-refractivity contribution in [2.45, 2.75) is 30.4 Å². The third-order valence-corrected chi connectivity index (χ3v) is 8.03. The first-order chi connectivity index (χ1) is 18.7. The van der Waals surface area contributed by atoms with Gasteiger partial charge in [0.05, 0.1) is 17.1 Å². The van der Waals surface area contributed by atoms with Crippen molar-refractivity contribution in [3.8, 4) is 0 Å². The summed E-state index contributed by atoms with van der Waals surface area (Å²) in [6, 6.07) is 25.5. The molecule has 0 aliphatic carbocycles. The lowest BCUT2D eigenvalue weighted by atomic mass is 10.1. The second kappa shape index (κ2) is 12.7. The molecule has 39 heavy (non-hydrogen) atoms. The normalized spacial score (nSPS) is 12.2. The summed E-state index contributed by atoms with van der Waals surface area (Å²) in [6.45, 7) is 0.0585. The van der Waals surface area contributed by atoms with Crippen LogP contribution in [0.15, 0.2) is 108 Å². The van der Waals surface area contributed by atoms with Crippen molar-refractivity contribution in [3.05, 3.63) is 131 Å². The molecule has 200 valence electrons. The zero-order valence-electron chi connectivity index (χ0n) is 20.8. The molecule has 0 saturated heterocycles. The van der Waals surface area contributed by atoms with Gasteiger partial charge in [0.25, 0.3) is 5.91 Å². The highest BCUT2D eigenvalue weighted by molar-refractivity contribution is 7.89. The van der Waals surface area contributed by atoms with E-state index in [1.165, 1.54) is 28.6 Å². The number of nitrogens with one attached hydrogen (secondary N) is 1. The number of hydrogen-bond acceptors (Lipinski definition) is 5. The number of aliphatic carboxylic acids is 1. The Morgan fingerprint density at radius 1 is 0.846 bits per heavy atom. The first-order valence-electron chi connectivity index (χ1n) is 12.0. The van der Waals surface area contributed by atoms with Gasteiger partial charge in [-0.2, -0.15) is 4.31 Å². The van der Waals surface area contributed by atoms with E-state index in [4.69, 9.17) is 11.6 Å². The molecule has 0 bridgehead atoms. The van der Waals surface area contributed by atoms with Crippen molar-refractivity contribution in [1.29, 1.82) is 0 Å². The van der Waals surface area contributed by atoms with E-state index in [2.05, 4.69) is 10.3 Å². The van der Waals surface area contributed by atoms with E-state index in [0.29, 0.717) is 16.3 Å². The minimum absolute atomic E-state index is 0.0230. The van der Waals surface area contributed by atoms with Crippen LogP contribution < -0.4 is 5.32 Å². The number of nitrogens with zero attached hydrogens (tertiary/aromatic N) is 2. The molecule has 0 radical (unpaired) electrons. The van der Waals surface area contributed by atoms with Crippen LogP contribution in [0.4, 0.5) is 0 Å².